The molecule has 0 radical (unpaired) electrons. The van der Waals surface area contributed by atoms with E-state index < -0.39 is 30.0 Å². The monoisotopic (exact) mass is 220 g/mol. The lowest BCUT2D eigenvalue weighted by Crippen LogP contribution is -2.08. The summed E-state index contributed by atoms with van der Waals surface area (Å²) in [5.41, 5.74) is -0.280. The summed E-state index contributed by atoms with van der Waals surface area (Å²) in [5.74, 6) is -4.55. The van der Waals surface area contributed by atoms with Gasteiger partial charge in [-0.25, -0.2) is 13.2 Å². The molecule has 0 fully saturated rings. The zero-order valence-corrected chi connectivity index (χ0v) is 8.35. The van der Waals surface area contributed by atoms with Gasteiger partial charge in [0, 0.05) is 24.2 Å². The van der Waals surface area contributed by atoms with Gasteiger partial charge in [0.15, 0.2) is 23.2 Å². The molecule has 0 aromatic heterocycles. The zero-order valence-electron chi connectivity index (χ0n) is 8.35. The van der Waals surface area contributed by atoms with Crippen LogP contribution in [0.1, 0.15) is 18.4 Å². The molecule has 1 atom stereocenters. The summed E-state index contributed by atoms with van der Waals surface area (Å²) in [6.07, 6.45) is 0. The van der Waals surface area contributed by atoms with E-state index in [2.05, 4.69) is 4.74 Å². The lowest BCUT2D eigenvalue weighted by molar-refractivity contribution is 0.263. The summed E-state index contributed by atoms with van der Waals surface area (Å²) in [7, 11) is 1.16. The predicted molar refractivity (Wildman–Crippen MR) is 48.4 cm³/mol. The van der Waals surface area contributed by atoms with Crippen molar-refractivity contribution in [2.45, 2.75) is 12.8 Å². The van der Waals surface area contributed by atoms with Crippen LogP contribution in [0.3, 0.4) is 0 Å². The van der Waals surface area contributed by atoms with Crippen molar-refractivity contribution in [2.75, 3.05) is 13.7 Å². The Hall–Kier alpha value is -1.23. The fraction of sp³-hybridized carbons (Fsp3) is 0.400. The average Bonchev–Trinajstić information content (AvgIpc) is 2.21. The highest BCUT2D eigenvalue weighted by molar-refractivity contribution is 5.39. The number of hydrogen-bond donors (Lipinski definition) is 1. The maximum absolute atomic E-state index is 13.3. The van der Waals surface area contributed by atoms with Gasteiger partial charge in [0.2, 0.25) is 0 Å². The van der Waals surface area contributed by atoms with Crippen LogP contribution in [0.5, 0.6) is 5.75 Å². The molecule has 0 heterocycles. The molecule has 84 valence electrons. The van der Waals surface area contributed by atoms with E-state index in [0.29, 0.717) is 6.07 Å². The molecule has 1 rings (SSSR count). The topological polar surface area (TPSA) is 29.5 Å². The van der Waals surface area contributed by atoms with Gasteiger partial charge in [-0.1, -0.05) is 6.92 Å². The van der Waals surface area contributed by atoms with E-state index in [1.165, 1.54) is 6.92 Å². The minimum Gasteiger partial charge on any atom is -0.493 e. The largest absolute Gasteiger partial charge is 0.493 e. The Morgan fingerprint density at radius 1 is 1.33 bits per heavy atom. The lowest BCUT2D eigenvalue weighted by Gasteiger charge is -2.15. The maximum Gasteiger partial charge on any atom is 0.168 e. The Morgan fingerprint density at radius 3 is 2.40 bits per heavy atom. The van der Waals surface area contributed by atoms with E-state index in [-0.39, 0.29) is 11.3 Å². The molecule has 0 spiro atoms. The molecule has 2 nitrogen and oxygen atoms in total. The van der Waals surface area contributed by atoms with Crippen molar-refractivity contribution in [2.24, 2.45) is 0 Å². The number of ether oxygens (including phenoxy) is 1. The number of rotatable bonds is 3. The Labute approximate surface area is 85.3 Å². The summed E-state index contributed by atoms with van der Waals surface area (Å²) in [6.45, 7) is 1.02. The highest BCUT2D eigenvalue weighted by atomic mass is 19.2. The fourth-order valence-corrected chi connectivity index (χ4v) is 1.34. The van der Waals surface area contributed by atoms with Gasteiger partial charge in [-0.05, 0) is 0 Å². The molecule has 15 heavy (non-hydrogen) atoms. The fourth-order valence-electron chi connectivity index (χ4n) is 1.34. The zero-order chi connectivity index (χ0) is 11.6. The Bertz CT molecular complexity index is 366. The number of aliphatic hydroxyl groups excluding tert-OH is 1. The van der Waals surface area contributed by atoms with Gasteiger partial charge in [-0.15, -0.1) is 0 Å². The Morgan fingerprint density at radius 2 is 1.93 bits per heavy atom. The average molecular weight is 220 g/mol. The molecular weight excluding hydrogens is 209 g/mol. The van der Waals surface area contributed by atoms with E-state index in [1.807, 2.05) is 0 Å². The maximum atomic E-state index is 13.3. The van der Waals surface area contributed by atoms with Crippen LogP contribution in [0.25, 0.3) is 0 Å². The molecule has 5 heteroatoms. The quantitative estimate of drug-likeness (QED) is 0.791. The van der Waals surface area contributed by atoms with Crippen molar-refractivity contribution in [3.05, 3.63) is 29.1 Å². The standard InChI is InChI=1S/C10H11F3O2/c1-5(4-14)8-9(13)6(11)3-7(12)10(8)15-2/h3,5,14H,4H2,1-2H3. The van der Waals surface area contributed by atoms with E-state index in [1.54, 1.807) is 0 Å². The first-order valence-corrected chi connectivity index (χ1v) is 4.35. The third-order valence-corrected chi connectivity index (χ3v) is 2.13. The van der Waals surface area contributed by atoms with E-state index in [4.69, 9.17) is 5.11 Å². The molecule has 0 amide bonds. The number of aliphatic hydroxyl groups is 1. The van der Waals surface area contributed by atoms with Crippen LogP contribution in [0.15, 0.2) is 6.07 Å². The normalized spacial score (nSPS) is 12.7. The molecule has 0 saturated carbocycles. The molecule has 1 aromatic carbocycles. The highest BCUT2D eigenvalue weighted by Gasteiger charge is 2.23. The first kappa shape index (κ1) is 11.8. The van der Waals surface area contributed by atoms with Gasteiger partial charge in [-0.3, -0.25) is 0 Å². The summed E-state index contributed by atoms with van der Waals surface area (Å²) >= 11 is 0. The summed E-state index contributed by atoms with van der Waals surface area (Å²) in [6, 6.07) is 0.418. The minimum atomic E-state index is -1.29. The number of hydrogen-bond acceptors (Lipinski definition) is 2. The van der Waals surface area contributed by atoms with E-state index >= 15 is 0 Å². The predicted octanol–water partition coefficient (Wildman–Crippen LogP) is 2.21. The lowest BCUT2D eigenvalue weighted by atomic mass is 9.99. The van der Waals surface area contributed by atoms with Crippen LogP contribution < -0.4 is 4.74 Å². The van der Waals surface area contributed by atoms with Crippen molar-refractivity contribution in [1.82, 2.24) is 0 Å². The molecule has 1 aromatic rings. The van der Waals surface area contributed by atoms with Gasteiger partial charge in [0.25, 0.3) is 0 Å². The van der Waals surface area contributed by atoms with E-state index in [9.17, 15) is 13.2 Å². The molecule has 0 saturated heterocycles. The van der Waals surface area contributed by atoms with E-state index in [0.717, 1.165) is 7.11 Å². The molecule has 1 N–H and O–H groups in total. The SMILES string of the molecule is COc1c(F)cc(F)c(F)c1C(C)CO. The minimum absolute atomic E-state index is 0.280. The van der Waals surface area contributed by atoms with Gasteiger partial charge >= 0.3 is 0 Å². The first-order valence-electron chi connectivity index (χ1n) is 4.35. The second-order valence-corrected chi connectivity index (χ2v) is 3.18. The van der Waals surface area contributed by atoms with Crippen LogP contribution in [0.4, 0.5) is 13.2 Å². The second-order valence-electron chi connectivity index (χ2n) is 3.18. The Kier molecular flexibility index (Phi) is 3.57. The van der Waals surface area contributed by atoms with Crippen LogP contribution in [0.2, 0.25) is 0 Å². The summed E-state index contributed by atoms with van der Waals surface area (Å²) in [5, 5.41) is 8.85. The van der Waals surface area contributed by atoms with Gasteiger partial charge < -0.3 is 9.84 Å². The number of halogens is 3. The van der Waals surface area contributed by atoms with Crippen molar-refractivity contribution in [1.29, 1.82) is 0 Å². The Balaban J connectivity index is 3.43. The second kappa shape index (κ2) is 4.53. The molecule has 0 bridgehead atoms. The van der Waals surface area contributed by atoms with Crippen LogP contribution in [-0.4, -0.2) is 18.8 Å². The van der Waals surface area contributed by atoms with Crippen LogP contribution in [0, 0.1) is 17.5 Å². The van der Waals surface area contributed by atoms with Crippen molar-refractivity contribution >= 4 is 0 Å². The van der Waals surface area contributed by atoms with Crippen LogP contribution in [-0.2, 0) is 0 Å². The molecule has 0 aliphatic carbocycles. The molecular formula is C10H11F3O2. The third kappa shape index (κ3) is 2.07. The van der Waals surface area contributed by atoms with Crippen molar-refractivity contribution in [3.8, 4) is 5.75 Å². The summed E-state index contributed by atoms with van der Waals surface area (Å²) in [4.78, 5) is 0. The molecule has 0 aliphatic rings. The van der Waals surface area contributed by atoms with Gasteiger partial charge in [0.05, 0.1) is 7.11 Å². The van der Waals surface area contributed by atoms with Gasteiger partial charge in [0.1, 0.15) is 0 Å². The molecule has 0 aliphatic heterocycles. The number of methoxy groups -OCH3 is 1. The van der Waals surface area contributed by atoms with Crippen molar-refractivity contribution < 1.29 is 23.0 Å². The smallest absolute Gasteiger partial charge is 0.168 e. The van der Waals surface area contributed by atoms with Crippen LogP contribution >= 0.6 is 0 Å². The van der Waals surface area contributed by atoms with Gasteiger partial charge in [-0.2, -0.15) is 0 Å². The highest BCUT2D eigenvalue weighted by Crippen LogP contribution is 2.33. The first-order chi connectivity index (χ1) is 7.02. The summed E-state index contributed by atoms with van der Waals surface area (Å²) < 4.78 is 44.1. The molecule has 1 unspecified atom stereocenters. The van der Waals surface area contributed by atoms with Crippen molar-refractivity contribution in [3.63, 3.8) is 0 Å². The number of benzene rings is 1. The third-order valence-electron chi connectivity index (χ3n) is 2.13.